The fourth-order valence-corrected chi connectivity index (χ4v) is 3.41. The summed E-state index contributed by atoms with van der Waals surface area (Å²) in [7, 11) is 2.01. The second kappa shape index (κ2) is 4.56. The summed E-state index contributed by atoms with van der Waals surface area (Å²) in [5.74, 6) is 2.21. The number of nitrogens with zero attached hydrogens (tertiary/aromatic N) is 3. The molecule has 1 aliphatic heterocycles. The lowest BCUT2D eigenvalue weighted by Crippen LogP contribution is -2.14. The van der Waals surface area contributed by atoms with Crippen LogP contribution in [-0.2, 0) is 7.05 Å². The largest absolute Gasteiger partial charge is 0.367 e. The van der Waals surface area contributed by atoms with Crippen LogP contribution in [0.25, 0.3) is 11.0 Å². The van der Waals surface area contributed by atoms with Gasteiger partial charge in [-0.25, -0.2) is 9.97 Å². The molecule has 3 heterocycles. The van der Waals surface area contributed by atoms with Gasteiger partial charge in [-0.05, 0) is 24.7 Å². The van der Waals surface area contributed by atoms with Crippen LogP contribution in [0.2, 0.25) is 0 Å². The molecule has 1 atom stereocenters. The second-order valence-corrected chi connectivity index (χ2v) is 5.81. The number of aromatic nitrogens is 3. The van der Waals surface area contributed by atoms with Crippen molar-refractivity contribution < 1.29 is 0 Å². The summed E-state index contributed by atoms with van der Waals surface area (Å²) in [4.78, 5) is 8.78. The molecule has 0 aromatic carbocycles. The molecule has 1 fully saturated rings. The molecular weight excluding hydrogens is 232 g/mol. The van der Waals surface area contributed by atoms with Crippen molar-refractivity contribution in [2.45, 2.75) is 18.1 Å². The van der Waals surface area contributed by atoms with Gasteiger partial charge in [0.15, 0.2) is 5.82 Å². The number of anilines is 1. The van der Waals surface area contributed by atoms with E-state index in [2.05, 4.69) is 27.0 Å². The van der Waals surface area contributed by atoms with Crippen LogP contribution in [0.1, 0.15) is 12.8 Å². The first kappa shape index (κ1) is 10.9. The van der Waals surface area contributed by atoms with Crippen LogP contribution < -0.4 is 5.32 Å². The minimum atomic E-state index is 0.732. The minimum Gasteiger partial charge on any atom is -0.367 e. The van der Waals surface area contributed by atoms with Crippen molar-refractivity contribution in [3.05, 3.63) is 18.6 Å². The number of aryl methyl sites for hydroxylation is 1. The van der Waals surface area contributed by atoms with Crippen molar-refractivity contribution in [3.63, 3.8) is 0 Å². The van der Waals surface area contributed by atoms with E-state index in [1.54, 1.807) is 0 Å². The summed E-state index contributed by atoms with van der Waals surface area (Å²) in [6.45, 7) is 0.993. The van der Waals surface area contributed by atoms with Crippen LogP contribution in [0.3, 0.4) is 0 Å². The first-order valence-electron chi connectivity index (χ1n) is 5.96. The molecule has 0 saturated carbocycles. The van der Waals surface area contributed by atoms with E-state index in [1.807, 2.05) is 30.2 Å². The average Bonchev–Trinajstić information content (AvgIpc) is 2.97. The maximum absolute atomic E-state index is 4.39. The monoisotopic (exact) mass is 248 g/mol. The Labute approximate surface area is 105 Å². The Morgan fingerprint density at radius 2 is 2.47 bits per heavy atom. The second-order valence-electron chi connectivity index (χ2n) is 4.40. The molecule has 3 rings (SSSR count). The standard InChI is InChI=1S/C12H16N4S/c1-16-8-15-11-10(16)4-5-13-12(11)14-7-9-3-2-6-17-9/h4-5,8-9H,2-3,6-7H2,1H3,(H,13,14). The van der Waals surface area contributed by atoms with Gasteiger partial charge in [0.2, 0.25) is 0 Å². The summed E-state index contributed by atoms with van der Waals surface area (Å²) in [5.41, 5.74) is 2.10. The van der Waals surface area contributed by atoms with Crippen LogP contribution in [-0.4, -0.2) is 32.1 Å². The van der Waals surface area contributed by atoms with Crippen LogP contribution >= 0.6 is 11.8 Å². The lowest BCUT2D eigenvalue weighted by molar-refractivity contribution is 0.804. The third kappa shape index (κ3) is 2.11. The van der Waals surface area contributed by atoms with E-state index in [1.165, 1.54) is 18.6 Å². The van der Waals surface area contributed by atoms with Crippen molar-refractivity contribution in [2.75, 3.05) is 17.6 Å². The van der Waals surface area contributed by atoms with Gasteiger partial charge in [-0.2, -0.15) is 11.8 Å². The third-order valence-electron chi connectivity index (χ3n) is 3.16. The Bertz CT molecular complexity index is 516. The zero-order valence-electron chi connectivity index (χ0n) is 9.89. The molecule has 0 spiro atoms. The topological polar surface area (TPSA) is 42.7 Å². The number of pyridine rings is 1. The Balaban J connectivity index is 1.79. The molecule has 1 N–H and O–H groups in total. The van der Waals surface area contributed by atoms with Crippen molar-refractivity contribution in [1.29, 1.82) is 0 Å². The lowest BCUT2D eigenvalue weighted by atomic mass is 10.2. The van der Waals surface area contributed by atoms with Crippen LogP contribution in [0.5, 0.6) is 0 Å². The summed E-state index contributed by atoms with van der Waals surface area (Å²) in [5, 5.41) is 4.17. The number of imidazole rings is 1. The predicted octanol–water partition coefficient (Wildman–Crippen LogP) is 2.28. The fraction of sp³-hybridized carbons (Fsp3) is 0.500. The molecule has 1 aliphatic rings. The molecule has 0 radical (unpaired) electrons. The number of thioether (sulfide) groups is 1. The van der Waals surface area contributed by atoms with Crippen molar-refractivity contribution in [3.8, 4) is 0 Å². The first-order valence-corrected chi connectivity index (χ1v) is 7.01. The van der Waals surface area contributed by atoms with Gasteiger partial charge in [-0.1, -0.05) is 0 Å². The highest BCUT2D eigenvalue weighted by Crippen LogP contribution is 2.27. The average molecular weight is 248 g/mol. The predicted molar refractivity (Wildman–Crippen MR) is 72.5 cm³/mol. The molecular formula is C12H16N4S. The van der Waals surface area contributed by atoms with E-state index in [0.717, 1.165) is 28.6 Å². The first-order chi connectivity index (χ1) is 8.34. The molecule has 0 amide bonds. The molecule has 90 valence electrons. The summed E-state index contributed by atoms with van der Waals surface area (Å²) < 4.78 is 2.02. The molecule has 2 aromatic heterocycles. The zero-order valence-corrected chi connectivity index (χ0v) is 10.7. The maximum Gasteiger partial charge on any atom is 0.154 e. The zero-order chi connectivity index (χ0) is 11.7. The third-order valence-corrected chi connectivity index (χ3v) is 4.56. The minimum absolute atomic E-state index is 0.732. The quantitative estimate of drug-likeness (QED) is 0.905. The Hall–Kier alpha value is -1.23. The van der Waals surface area contributed by atoms with Crippen LogP contribution in [0.4, 0.5) is 5.82 Å². The SMILES string of the molecule is Cn1cnc2c(NCC3CCCS3)nccc21. The van der Waals surface area contributed by atoms with E-state index < -0.39 is 0 Å². The summed E-state index contributed by atoms with van der Waals surface area (Å²) in [6.07, 6.45) is 6.34. The molecule has 17 heavy (non-hydrogen) atoms. The normalized spacial score (nSPS) is 19.9. The smallest absolute Gasteiger partial charge is 0.154 e. The van der Waals surface area contributed by atoms with Gasteiger partial charge in [-0.3, -0.25) is 0 Å². The van der Waals surface area contributed by atoms with Gasteiger partial charge in [0.25, 0.3) is 0 Å². The van der Waals surface area contributed by atoms with Crippen molar-refractivity contribution in [2.24, 2.45) is 7.05 Å². The van der Waals surface area contributed by atoms with E-state index >= 15 is 0 Å². The van der Waals surface area contributed by atoms with Gasteiger partial charge in [0.1, 0.15) is 5.52 Å². The maximum atomic E-state index is 4.39. The van der Waals surface area contributed by atoms with E-state index in [4.69, 9.17) is 0 Å². The fourth-order valence-electron chi connectivity index (χ4n) is 2.21. The number of hydrogen-bond donors (Lipinski definition) is 1. The van der Waals surface area contributed by atoms with Crippen molar-refractivity contribution in [1.82, 2.24) is 14.5 Å². The van der Waals surface area contributed by atoms with Gasteiger partial charge >= 0.3 is 0 Å². The molecule has 4 nitrogen and oxygen atoms in total. The molecule has 1 saturated heterocycles. The molecule has 2 aromatic rings. The molecule has 1 unspecified atom stereocenters. The Kier molecular flexibility index (Phi) is 2.93. The Morgan fingerprint density at radius 3 is 3.29 bits per heavy atom. The van der Waals surface area contributed by atoms with Crippen LogP contribution in [0, 0.1) is 0 Å². The highest BCUT2D eigenvalue weighted by atomic mass is 32.2. The highest BCUT2D eigenvalue weighted by Gasteiger charge is 2.16. The molecule has 5 heteroatoms. The lowest BCUT2D eigenvalue weighted by Gasteiger charge is -2.10. The van der Waals surface area contributed by atoms with E-state index in [9.17, 15) is 0 Å². The number of hydrogen-bond acceptors (Lipinski definition) is 4. The van der Waals surface area contributed by atoms with Crippen LogP contribution in [0.15, 0.2) is 18.6 Å². The summed E-state index contributed by atoms with van der Waals surface area (Å²) >= 11 is 2.06. The van der Waals surface area contributed by atoms with Gasteiger partial charge in [0, 0.05) is 25.0 Å². The van der Waals surface area contributed by atoms with Crippen molar-refractivity contribution >= 4 is 28.6 Å². The van der Waals surface area contributed by atoms with E-state index in [-0.39, 0.29) is 0 Å². The Morgan fingerprint density at radius 1 is 1.53 bits per heavy atom. The van der Waals surface area contributed by atoms with Gasteiger partial charge < -0.3 is 9.88 Å². The summed E-state index contributed by atoms with van der Waals surface area (Å²) in [6, 6.07) is 2.00. The van der Waals surface area contributed by atoms with Gasteiger partial charge in [0.05, 0.1) is 11.8 Å². The molecule has 0 aliphatic carbocycles. The number of fused-ring (bicyclic) bond motifs is 1. The highest BCUT2D eigenvalue weighted by molar-refractivity contribution is 8.00. The molecule has 0 bridgehead atoms. The van der Waals surface area contributed by atoms with E-state index in [0.29, 0.717) is 0 Å². The number of nitrogens with one attached hydrogen (secondary N) is 1. The number of rotatable bonds is 3. The van der Waals surface area contributed by atoms with Gasteiger partial charge in [-0.15, -0.1) is 0 Å².